The van der Waals surface area contributed by atoms with Crippen molar-refractivity contribution in [2.45, 2.75) is 44.9 Å². The summed E-state index contributed by atoms with van der Waals surface area (Å²) in [5, 5.41) is 0. The van der Waals surface area contributed by atoms with Gasteiger partial charge in [0.2, 0.25) is 11.8 Å². The van der Waals surface area contributed by atoms with Gasteiger partial charge in [0.15, 0.2) is 0 Å². The van der Waals surface area contributed by atoms with Crippen molar-refractivity contribution >= 4 is 11.6 Å². The number of alkyl halides is 3. The molecule has 4 nitrogen and oxygen atoms in total. The highest BCUT2D eigenvalue weighted by Gasteiger charge is 2.37. The summed E-state index contributed by atoms with van der Waals surface area (Å²) in [5.74, 6) is -1.03. The van der Waals surface area contributed by atoms with E-state index in [4.69, 9.17) is 4.74 Å². The maximum Gasteiger partial charge on any atom is 0.423 e. The fourth-order valence-electron chi connectivity index (χ4n) is 3.03. The van der Waals surface area contributed by atoms with Crippen LogP contribution in [0.25, 0.3) is 0 Å². The average molecular weight is 369 g/mol. The van der Waals surface area contributed by atoms with E-state index in [1.807, 2.05) is 0 Å². The van der Waals surface area contributed by atoms with E-state index in [-0.39, 0.29) is 24.3 Å². The summed E-state index contributed by atoms with van der Waals surface area (Å²) < 4.78 is 59.5. The number of hydrogen-bond acceptors (Lipinski definition) is 4. The molecule has 0 bridgehead atoms. The van der Waals surface area contributed by atoms with Crippen LogP contribution in [0.5, 0.6) is 5.88 Å². The molecule has 140 valence electrons. The summed E-state index contributed by atoms with van der Waals surface area (Å²) in [6.07, 6.45) is -0.983. The second kappa shape index (κ2) is 7.47. The van der Waals surface area contributed by atoms with Crippen LogP contribution < -0.4 is 9.64 Å². The van der Waals surface area contributed by atoms with Crippen molar-refractivity contribution in [3.63, 3.8) is 0 Å². The van der Waals surface area contributed by atoms with Crippen LogP contribution >= 0.6 is 0 Å². The summed E-state index contributed by atoms with van der Waals surface area (Å²) in [7, 11) is 0. The quantitative estimate of drug-likeness (QED) is 0.686. The van der Waals surface area contributed by atoms with Crippen LogP contribution in [0, 0.1) is 5.82 Å². The standard InChI is InChI=1S/C18H19F4N3O/c1-2-25(15-10-6-5-9-14(15)19)17-23-11-13(18(20,21)22)16(24-17)26-12-7-3-4-8-12/h5-6,9-12H,2-4,7-8H2,1H3. The smallest absolute Gasteiger partial charge is 0.423 e. The molecule has 0 unspecified atom stereocenters. The van der Waals surface area contributed by atoms with E-state index < -0.39 is 23.4 Å². The highest BCUT2D eigenvalue weighted by atomic mass is 19.4. The molecule has 3 rings (SSSR count). The van der Waals surface area contributed by atoms with Gasteiger partial charge in [-0.15, -0.1) is 0 Å². The van der Waals surface area contributed by atoms with Crippen LogP contribution in [0.4, 0.5) is 29.2 Å². The first-order valence-electron chi connectivity index (χ1n) is 8.53. The molecule has 0 amide bonds. The first kappa shape index (κ1) is 18.4. The SMILES string of the molecule is CCN(c1ncc(C(F)(F)F)c(OC2CCCC2)n1)c1ccccc1F. The van der Waals surface area contributed by atoms with Crippen molar-refractivity contribution in [1.29, 1.82) is 0 Å². The van der Waals surface area contributed by atoms with Gasteiger partial charge in [0.25, 0.3) is 0 Å². The summed E-state index contributed by atoms with van der Waals surface area (Å²) in [5.41, 5.74) is -0.820. The molecule has 0 atom stereocenters. The molecule has 1 aromatic carbocycles. The predicted octanol–water partition coefficient (Wildman–Crippen LogP) is 5.11. The van der Waals surface area contributed by atoms with Gasteiger partial charge in [-0.1, -0.05) is 12.1 Å². The summed E-state index contributed by atoms with van der Waals surface area (Å²) in [4.78, 5) is 9.23. The number of anilines is 2. The lowest BCUT2D eigenvalue weighted by atomic mass is 10.2. The molecular weight excluding hydrogens is 350 g/mol. The van der Waals surface area contributed by atoms with E-state index in [9.17, 15) is 17.6 Å². The minimum atomic E-state index is -4.62. The van der Waals surface area contributed by atoms with Crippen LogP contribution in [0.2, 0.25) is 0 Å². The molecule has 0 spiro atoms. The van der Waals surface area contributed by atoms with Gasteiger partial charge in [0, 0.05) is 12.7 Å². The van der Waals surface area contributed by atoms with Crippen molar-refractivity contribution < 1.29 is 22.3 Å². The van der Waals surface area contributed by atoms with Gasteiger partial charge in [-0.3, -0.25) is 0 Å². The molecule has 0 aliphatic heterocycles. The van der Waals surface area contributed by atoms with Crippen molar-refractivity contribution in [1.82, 2.24) is 9.97 Å². The van der Waals surface area contributed by atoms with Gasteiger partial charge >= 0.3 is 6.18 Å². The molecule has 1 aliphatic rings. The topological polar surface area (TPSA) is 38.2 Å². The molecule has 0 N–H and O–H groups in total. The number of nitrogens with zero attached hydrogens (tertiary/aromatic N) is 3. The molecule has 1 saturated carbocycles. The number of rotatable bonds is 5. The van der Waals surface area contributed by atoms with E-state index in [1.54, 1.807) is 13.0 Å². The van der Waals surface area contributed by atoms with Crippen LogP contribution in [0.1, 0.15) is 38.2 Å². The molecule has 26 heavy (non-hydrogen) atoms. The zero-order chi connectivity index (χ0) is 18.7. The molecule has 8 heteroatoms. The summed E-state index contributed by atoms with van der Waals surface area (Å²) in [6.45, 7) is 2.03. The van der Waals surface area contributed by atoms with E-state index >= 15 is 0 Å². The Bertz CT molecular complexity index is 760. The maximum absolute atomic E-state index is 14.1. The van der Waals surface area contributed by atoms with E-state index in [0.717, 1.165) is 12.8 Å². The van der Waals surface area contributed by atoms with E-state index in [2.05, 4.69) is 9.97 Å². The predicted molar refractivity (Wildman–Crippen MR) is 89.0 cm³/mol. The molecule has 2 aromatic rings. The van der Waals surface area contributed by atoms with Gasteiger partial charge in [-0.25, -0.2) is 9.37 Å². The van der Waals surface area contributed by atoms with Gasteiger partial charge in [-0.2, -0.15) is 18.2 Å². The van der Waals surface area contributed by atoms with Crippen LogP contribution in [-0.4, -0.2) is 22.6 Å². The fraction of sp³-hybridized carbons (Fsp3) is 0.444. The molecule has 0 radical (unpaired) electrons. The lowest BCUT2D eigenvalue weighted by Crippen LogP contribution is -2.23. The first-order chi connectivity index (χ1) is 12.4. The largest absolute Gasteiger partial charge is 0.474 e. The van der Waals surface area contributed by atoms with Gasteiger partial charge in [0.1, 0.15) is 17.5 Å². The minimum Gasteiger partial charge on any atom is -0.474 e. The lowest BCUT2D eigenvalue weighted by Gasteiger charge is -2.23. The second-order valence-electron chi connectivity index (χ2n) is 6.11. The number of aromatic nitrogens is 2. The molecular formula is C18H19F4N3O. The molecule has 1 aliphatic carbocycles. The number of halogens is 4. The van der Waals surface area contributed by atoms with Crippen LogP contribution in [-0.2, 0) is 6.18 Å². The summed E-state index contributed by atoms with van der Waals surface area (Å²) in [6, 6.07) is 5.98. The monoisotopic (exact) mass is 369 g/mol. The van der Waals surface area contributed by atoms with Crippen LogP contribution in [0.3, 0.4) is 0 Å². The Morgan fingerprint density at radius 3 is 2.50 bits per heavy atom. The maximum atomic E-state index is 14.1. The Balaban J connectivity index is 2.00. The third-order valence-corrected chi connectivity index (χ3v) is 4.33. The normalized spacial score (nSPS) is 15.3. The second-order valence-corrected chi connectivity index (χ2v) is 6.11. The Hall–Kier alpha value is -2.38. The molecule has 0 saturated heterocycles. The Kier molecular flexibility index (Phi) is 5.29. The van der Waals surface area contributed by atoms with Gasteiger partial charge in [0.05, 0.1) is 5.69 Å². The number of hydrogen-bond donors (Lipinski definition) is 0. The van der Waals surface area contributed by atoms with Gasteiger partial charge < -0.3 is 9.64 Å². The third-order valence-electron chi connectivity index (χ3n) is 4.33. The molecule has 1 heterocycles. The van der Waals surface area contributed by atoms with Crippen molar-refractivity contribution in [2.75, 3.05) is 11.4 Å². The van der Waals surface area contributed by atoms with Crippen molar-refractivity contribution in [3.8, 4) is 5.88 Å². The van der Waals surface area contributed by atoms with E-state index in [0.29, 0.717) is 19.0 Å². The Morgan fingerprint density at radius 2 is 1.88 bits per heavy atom. The van der Waals surface area contributed by atoms with E-state index in [1.165, 1.54) is 23.1 Å². The third kappa shape index (κ3) is 3.89. The molecule has 1 aromatic heterocycles. The zero-order valence-electron chi connectivity index (χ0n) is 14.3. The number of ether oxygens (including phenoxy) is 1. The highest BCUT2D eigenvalue weighted by Crippen LogP contribution is 2.38. The van der Waals surface area contributed by atoms with Gasteiger partial charge in [-0.05, 0) is 44.7 Å². The number of para-hydroxylation sites is 1. The minimum absolute atomic E-state index is 0.0291. The van der Waals surface area contributed by atoms with Crippen molar-refractivity contribution in [3.05, 3.63) is 41.8 Å². The Labute approximate surface area is 148 Å². The van der Waals surface area contributed by atoms with Crippen molar-refractivity contribution in [2.24, 2.45) is 0 Å². The first-order valence-corrected chi connectivity index (χ1v) is 8.53. The lowest BCUT2D eigenvalue weighted by molar-refractivity contribution is -0.139. The number of benzene rings is 1. The fourth-order valence-corrected chi connectivity index (χ4v) is 3.03. The van der Waals surface area contributed by atoms with Crippen LogP contribution in [0.15, 0.2) is 30.5 Å². The zero-order valence-corrected chi connectivity index (χ0v) is 14.3. The average Bonchev–Trinajstić information content (AvgIpc) is 3.09. The highest BCUT2D eigenvalue weighted by molar-refractivity contribution is 5.58. The summed E-state index contributed by atoms with van der Waals surface area (Å²) >= 11 is 0. The Morgan fingerprint density at radius 1 is 1.19 bits per heavy atom. The molecule has 1 fully saturated rings.